The maximum Gasteiger partial charge on any atom is 0.309 e. The van der Waals surface area contributed by atoms with Crippen LogP contribution in [-0.4, -0.2) is 59.9 Å². The Balaban J connectivity index is 1.61. The normalized spacial score (nSPS) is 27.8. The van der Waals surface area contributed by atoms with Crippen molar-refractivity contribution < 1.29 is 14.6 Å². The average Bonchev–Trinajstić information content (AvgIpc) is 2.97. The first kappa shape index (κ1) is 18.7. The van der Waals surface area contributed by atoms with Crippen LogP contribution in [0.4, 0.5) is 0 Å². The van der Waals surface area contributed by atoms with Crippen LogP contribution in [0.15, 0.2) is 0 Å². The monoisotopic (exact) mass is 326 g/mol. The number of rotatable bonds is 6. The quantitative estimate of drug-likeness (QED) is 0.730. The molecule has 2 fully saturated rings. The Morgan fingerprint density at radius 2 is 1.83 bits per heavy atom. The van der Waals surface area contributed by atoms with Crippen molar-refractivity contribution in [1.29, 1.82) is 0 Å². The number of hydrogen-bond acceptors (Lipinski definition) is 5. The number of aliphatic hydroxyl groups is 1. The molecule has 2 aliphatic rings. The van der Waals surface area contributed by atoms with Crippen LogP contribution in [0, 0.1) is 5.92 Å². The molecule has 1 saturated carbocycles. The van der Waals surface area contributed by atoms with Crippen molar-refractivity contribution >= 4 is 5.97 Å². The topological polar surface area (TPSA) is 61.8 Å². The van der Waals surface area contributed by atoms with E-state index in [4.69, 9.17) is 4.74 Å². The minimum atomic E-state index is -0.397. The Bertz CT molecular complexity index is 367. The molecule has 1 atom stereocenters. The Morgan fingerprint density at radius 3 is 2.39 bits per heavy atom. The van der Waals surface area contributed by atoms with Crippen molar-refractivity contribution in [1.82, 2.24) is 10.2 Å². The number of likely N-dealkylation sites (tertiary alicyclic amines) is 1. The molecule has 23 heavy (non-hydrogen) atoms. The summed E-state index contributed by atoms with van der Waals surface area (Å²) >= 11 is 0. The molecule has 1 aliphatic carbocycles. The fourth-order valence-corrected chi connectivity index (χ4v) is 3.55. The van der Waals surface area contributed by atoms with E-state index in [2.05, 4.69) is 10.2 Å². The summed E-state index contributed by atoms with van der Waals surface area (Å²) in [6.07, 6.45) is 5.96. The summed E-state index contributed by atoms with van der Waals surface area (Å²) in [6, 6.07) is 0.418. The van der Waals surface area contributed by atoms with Crippen molar-refractivity contribution in [3.05, 3.63) is 0 Å². The van der Waals surface area contributed by atoms with Crippen molar-refractivity contribution in [2.75, 3.05) is 26.2 Å². The van der Waals surface area contributed by atoms with E-state index in [1.807, 2.05) is 20.8 Å². The van der Waals surface area contributed by atoms with E-state index in [-0.39, 0.29) is 18.0 Å². The Kier molecular flexibility index (Phi) is 6.86. The van der Waals surface area contributed by atoms with Gasteiger partial charge in [-0.1, -0.05) is 0 Å². The van der Waals surface area contributed by atoms with E-state index in [0.717, 1.165) is 45.3 Å². The number of ether oxygens (including phenoxy) is 1. The third-order valence-electron chi connectivity index (χ3n) is 4.78. The van der Waals surface area contributed by atoms with E-state index in [1.165, 1.54) is 12.8 Å². The predicted molar refractivity (Wildman–Crippen MR) is 91.3 cm³/mol. The number of β-amino-alcohol motifs (C(OH)–C–C–N with tert-alkyl or cyclic N) is 1. The summed E-state index contributed by atoms with van der Waals surface area (Å²) in [5.41, 5.74) is -0.397. The molecule has 1 heterocycles. The van der Waals surface area contributed by atoms with Gasteiger partial charge in [0.25, 0.3) is 0 Å². The third-order valence-corrected chi connectivity index (χ3v) is 4.78. The van der Waals surface area contributed by atoms with Crippen molar-refractivity contribution in [2.24, 2.45) is 5.92 Å². The number of esters is 1. The zero-order chi connectivity index (χ0) is 16.9. The van der Waals surface area contributed by atoms with Crippen LogP contribution in [-0.2, 0) is 9.53 Å². The lowest BCUT2D eigenvalue weighted by molar-refractivity contribution is -0.161. The van der Waals surface area contributed by atoms with Gasteiger partial charge in [-0.15, -0.1) is 0 Å². The van der Waals surface area contributed by atoms with Gasteiger partial charge in [0.1, 0.15) is 5.60 Å². The number of carbonyl (C=O) groups excluding carboxylic acids is 1. The van der Waals surface area contributed by atoms with Gasteiger partial charge in [-0.25, -0.2) is 0 Å². The summed E-state index contributed by atoms with van der Waals surface area (Å²) < 4.78 is 5.48. The van der Waals surface area contributed by atoms with Crippen LogP contribution >= 0.6 is 0 Å². The molecule has 2 N–H and O–H groups in total. The molecule has 1 unspecified atom stereocenters. The van der Waals surface area contributed by atoms with Crippen LogP contribution in [0.2, 0.25) is 0 Å². The second kappa shape index (κ2) is 8.45. The lowest BCUT2D eigenvalue weighted by Crippen LogP contribution is -2.43. The maximum absolute atomic E-state index is 12.1. The lowest BCUT2D eigenvalue weighted by atomic mass is 9.86. The number of nitrogens with zero attached hydrogens (tertiary/aromatic N) is 1. The molecular formula is C18H34N2O3. The van der Waals surface area contributed by atoms with E-state index < -0.39 is 5.60 Å². The first-order valence-corrected chi connectivity index (χ1v) is 9.20. The van der Waals surface area contributed by atoms with Crippen LogP contribution < -0.4 is 5.32 Å². The highest BCUT2D eigenvalue weighted by atomic mass is 16.6. The van der Waals surface area contributed by atoms with Gasteiger partial charge in [-0.3, -0.25) is 4.79 Å². The molecule has 0 bridgehead atoms. The van der Waals surface area contributed by atoms with Gasteiger partial charge in [0.15, 0.2) is 0 Å². The van der Waals surface area contributed by atoms with E-state index in [9.17, 15) is 9.90 Å². The standard InChI is InChI=1S/C18H34N2O3/c1-18(2,3)23-17(22)14-6-8-15(9-7-14)19-12-16(21)13-20-10-4-5-11-20/h14-16,19,21H,4-13H2,1-3H3. The molecule has 1 aliphatic heterocycles. The van der Waals surface area contributed by atoms with Crippen molar-refractivity contribution in [3.8, 4) is 0 Å². The SMILES string of the molecule is CC(C)(C)OC(=O)C1CCC(NCC(O)CN2CCCC2)CC1. The second-order valence-electron chi connectivity index (χ2n) is 8.15. The van der Waals surface area contributed by atoms with Gasteiger partial charge in [0.2, 0.25) is 0 Å². The molecule has 1 saturated heterocycles. The minimum absolute atomic E-state index is 0.0433. The van der Waals surface area contributed by atoms with Crippen LogP contribution in [0.25, 0.3) is 0 Å². The minimum Gasteiger partial charge on any atom is -0.460 e. The summed E-state index contributed by atoms with van der Waals surface area (Å²) in [6.45, 7) is 9.42. The summed E-state index contributed by atoms with van der Waals surface area (Å²) in [5.74, 6) is -0.00758. The first-order valence-electron chi connectivity index (χ1n) is 9.20. The molecule has 5 heteroatoms. The van der Waals surface area contributed by atoms with E-state index in [0.29, 0.717) is 12.6 Å². The Morgan fingerprint density at radius 1 is 1.22 bits per heavy atom. The fourth-order valence-electron chi connectivity index (χ4n) is 3.55. The zero-order valence-corrected chi connectivity index (χ0v) is 15.0. The summed E-state index contributed by atoms with van der Waals surface area (Å²) in [4.78, 5) is 14.4. The number of hydrogen-bond donors (Lipinski definition) is 2. The lowest BCUT2D eigenvalue weighted by Gasteiger charge is -2.31. The number of nitrogens with one attached hydrogen (secondary N) is 1. The highest BCUT2D eigenvalue weighted by molar-refractivity contribution is 5.73. The molecular weight excluding hydrogens is 292 g/mol. The molecule has 0 aromatic carbocycles. The van der Waals surface area contributed by atoms with Crippen LogP contribution in [0.5, 0.6) is 0 Å². The van der Waals surface area contributed by atoms with Crippen LogP contribution in [0.1, 0.15) is 59.3 Å². The van der Waals surface area contributed by atoms with Crippen LogP contribution in [0.3, 0.4) is 0 Å². The van der Waals surface area contributed by atoms with Gasteiger partial charge >= 0.3 is 5.97 Å². The molecule has 2 rings (SSSR count). The van der Waals surface area contributed by atoms with Gasteiger partial charge in [-0.05, 0) is 72.4 Å². The average molecular weight is 326 g/mol. The van der Waals surface area contributed by atoms with Crippen molar-refractivity contribution in [2.45, 2.75) is 77.0 Å². The van der Waals surface area contributed by atoms with E-state index >= 15 is 0 Å². The maximum atomic E-state index is 12.1. The van der Waals surface area contributed by atoms with Gasteiger partial charge < -0.3 is 20.1 Å². The summed E-state index contributed by atoms with van der Waals surface area (Å²) in [7, 11) is 0. The number of aliphatic hydroxyl groups excluding tert-OH is 1. The fraction of sp³-hybridized carbons (Fsp3) is 0.944. The molecule has 0 spiro atoms. The second-order valence-corrected chi connectivity index (χ2v) is 8.15. The molecule has 5 nitrogen and oxygen atoms in total. The third kappa shape index (κ3) is 6.77. The predicted octanol–water partition coefficient (Wildman–Crippen LogP) is 1.93. The van der Waals surface area contributed by atoms with Gasteiger partial charge in [0, 0.05) is 19.1 Å². The molecule has 0 aromatic heterocycles. The highest BCUT2D eigenvalue weighted by Gasteiger charge is 2.30. The Hall–Kier alpha value is -0.650. The van der Waals surface area contributed by atoms with E-state index in [1.54, 1.807) is 0 Å². The molecule has 0 radical (unpaired) electrons. The number of carbonyl (C=O) groups is 1. The van der Waals surface area contributed by atoms with Gasteiger partial charge in [0.05, 0.1) is 12.0 Å². The molecule has 134 valence electrons. The largest absolute Gasteiger partial charge is 0.460 e. The highest BCUT2D eigenvalue weighted by Crippen LogP contribution is 2.27. The molecule has 0 amide bonds. The van der Waals surface area contributed by atoms with Crippen molar-refractivity contribution in [3.63, 3.8) is 0 Å². The Labute approximate surface area is 140 Å². The first-order chi connectivity index (χ1) is 10.8. The zero-order valence-electron chi connectivity index (χ0n) is 15.0. The molecule has 0 aromatic rings. The van der Waals surface area contributed by atoms with Gasteiger partial charge in [-0.2, -0.15) is 0 Å². The summed E-state index contributed by atoms with van der Waals surface area (Å²) in [5, 5.41) is 13.6. The smallest absolute Gasteiger partial charge is 0.309 e.